The minimum atomic E-state index is -1.25. The third kappa shape index (κ3) is 3.27. The van der Waals surface area contributed by atoms with Crippen molar-refractivity contribution in [2.45, 2.75) is 0 Å². The largest absolute Gasteiger partial charge is 0.361 e. The first kappa shape index (κ1) is 13.1. The number of hydrogen-bond acceptors (Lipinski definition) is 5. The fourth-order valence-electron chi connectivity index (χ4n) is 0.982. The molecule has 0 aliphatic rings. The number of nitrogens with one attached hydrogen (secondary N) is 2. The third-order valence-corrected chi connectivity index (χ3v) is 1.85. The number of primary amides is 1. The fourth-order valence-corrected chi connectivity index (χ4v) is 0.982. The van der Waals surface area contributed by atoms with Gasteiger partial charge in [0.2, 0.25) is 0 Å². The molecule has 4 N–H and O–H groups in total. The van der Waals surface area contributed by atoms with Crippen molar-refractivity contribution in [2.24, 2.45) is 5.73 Å². The maximum absolute atomic E-state index is 11.4. The van der Waals surface area contributed by atoms with Crippen molar-refractivity contribution in [3.05, 3.63) is 39.9 Å². The van der Waals surface area contributed by atoms with E-state index in [0.29, 0.717) is 0 Å². The summed E-state index contributed by atoms with van der Waals surface area (Å²) in [5.74, 6) is -3.16. The summed E-state index contributed by atoms with van der Waals surface area (Å²) in [6, 6.07) is 4.66. The van der Waals surface area contributed by atoms with Crippen LogP contribution >= 0.6 is 0 Å². The first-order chi connectivity index (χ1) is 8.41. The van der Waals surface area contributed by atoms with Gasteiger partial charge in [0.15, 0.2) is 0 Å². The molecule has 0 aliphatic carbocycles. The van der Waals surface area contributed by atoms with Gasteiger partial charge in [-0.1, -0.05) is 0 Å². The molecule has 0 atom stereocenters. The van der Waals surface area contributed by atoms with E-state index in [2.05, 4.69) is 5.73 Å². The van der Waals surface area contributed by atoms with E-state index in [1.54, 1.807) is 5.43 Å². The predicted molar refractivity (Wildman–Crippen MR) is 57.9 cm³/mol. The van der Waals surface area contributed by atoms with E-state index in [0.717, 1.165) is 12.1 Å². The second-order valence-electron chi connectivity index (χ2n) is 3.08. The predicted octanol–water partition coefficient (Wildman–Crippen LogP) is -1.16. The molecule has 9 nitrogen and oxygen atoms in total. The highest BCUT2D eigenvalue weighted by molar-refractivity contribution is 6.34. The first-order valence-electron chi connectivity index (χ1n) is 4.56. The molecule has 0 aliphatic heterocycles. The number of amides is 3. The number of benzene rings is 1. The number of carbonyl (C=O) groups is 3. The molecular weight excluding hydrogens is 244 g/mol. The zero-order valence-electron chi connectivity index (χ0n) is 8.88. The summed E-state index contributed by atoms with van der Waals surface area (Å²) < 4.78 is 0. The Balaban J connectivity index is 2.65. The summed E-state index contributed by atoms with van der Waals surface area (Å²) >= 11 is 0. The van der Waals surface area contributed by atoms with Crippen LogP contribution in [0.2, 0.25) is 0 Å². The van der Waals surface area contributed by atoms with E-state index < -0.39 is 22.6 Å². The number of hydrazine groups is 1. The van der Waals surface area contributed by atoms with Gasteiger partial charge in [-0.25, -0.2) is 0 Å². The van der Waals surface area contributed by atoms with Gasteiger partial charge in [0.25, 0.3) is 11.6 Å². The van der Waals surface area contributed by atoms with Crippen LogP contribution in [0.4, 0.5) is 5.69 Å². The van der Waals surface area contributed by atoms with Crippen LogP contribution in [0.5, 0.6) is 0 Å². The number of nitrogens with zero attached hydrogens (tertiary/aromatic N) is 1. The third-order valence-electron chi connectivity index (χ3n) is 1.85. The van der Waals surface area contributed by atoms with E-state index >= 15 is 0 Å². The standard InChI is InChI=1S/C9H8N4O5/c10-7(14)9(16)12-11-8(15)5-1-3-6(4-2-5)13(17)18/h1-4H,(H2,10,14)(H,11,15)(H,12,16). The molecule has 1 aromatic rings. The Morgan fingerprint density at radius 2 is 1.67 bits per heavy atom. The quantitative estimate of drug-likeness (QED) is 0.345. The van der Waals surface area contributed by atoms with E-state index in [9.17, 15) is 24.5 Å². The number of hydrogen-bond donors (Lipinski definition) is 3. The van der Waals surface area contributed by atoms with Crippen molar-refractivity contribution in [1.82, 2.24) is 10.9 Å². The molecule has 18 heavy (non-hydrogen) atoms. The Hall–Kier alpha value is -2.97. The molecule has 3 amide bonds. The Labute approximate surface area is 100 Å². The highest BCUT2D eigenvalue weighted by atomic mass is 16.6. The number of rotatable bonds is 2. The maximum atomic E-state index is 11.4. The van der Waals surface area contributed by atoms with Crippen LogP contribution in [-0.4, -0.2) is 22.6 Å². The molecule has 0 saturated heterocycles. The Kier molecular flexibility index (Phi) is 3.92. The van der Waals surface area contributed by atoms with Gasteiger partial charge < -0.3 is 5.73 Å². The summed E-state index contributed by atoms with van der Waals surface area (Å²) in [5.41, 5.74) is 8.23. The SMILES string of the molecule is NC(=O)C(=O)NNC(=O)c1ccc([N+](=O)[O-])cc1. The molecule has 1 rings (SSSR count). The summed E-state index contributed by atoms with van der Waals surface area (Å²) in [7, 11) is 0. The molecule has 1 aromatic carbocycles. The zero-order chi connectivity index (χ0) is 13.7. The Morgan fingerprint density at radius 3 is 2.11 bits per heavy atom. The summed E-state index contributed by atoms with van der Waals surface area (Å²) in [6.45, 7) is 0. The van der Waals surface area contributed by atoms with Gasteiger partial charge in [0, 0.05) is 17.7 Å². The molecule has 0 spiro atoms. The Bertz CT molecular complexity index is 510. The maximum Gasteiger partial charge on any atom is 0.327 e. The number of carbonyl (C=O) groups excluding carboxylic acids is 3. The van der Waals surface area contributed by atoms with Crippen LogP contribution < -0.4 is 16.6 Å². The molecule has 0 radical (unpaired) electrons. The Morgan fingerprint density at radius 1 is 1.11 bits per heavy atom. The number of nitro benzene ring substituents is 1. The van der Waals surface area contributed by atoms with E-state index in [1.807, 2.05) is 5.43 Å². The summed E-state index contributed by atoms with van der Waals surface area (Å²) in [4.78, 5) is 42.2. The van der Waals surface area contributed by atoms with Crippen LogP contribution in [0.15, 0.2) is 24.3 Å². The van der Waals surface area contributed by atoms with Gasteiger partial charge in [0.05, 0.1) is 4.92 Å². The molecule has 0 unspecified atom stereocenters. The van der Waals surface area contributed by atoms with Gasteiger partial charge in [-0.3, -0.25) is 35.3 Å². The molecule has 0 fully saturated rings. The molecule has 0 bridgehead atoms. The molecule has 0 saturated carbocycles. The normalized spacial score (nSPS) is 9.33. The van der Waals surface area contributed by atoms with Crippen molar-refractivity contribution in [1.29, 1.82) is 0 Å². The van der Waals surface area contributed by atoms with Crippen molar-refractivity contribution < 1.29 is 19.3 Å². The topological polar surface area (TPSA) is 144 Å². The van der Waals surface area contributed by atoms with E-state index in [4.69, 9.17) is 0 Å². The van der Waals surface area contributed by atoms with Gasteiger partial charge in [0.1, 0.15) is 0 Å². The summed E-state index contributed by atoms with van der Waals surface area (Å²) in [5, 5.41) is 10.4. The van der Waals surface area contributed by atoms with Crippen LogP contribution in [-0.2, 0) is 9.59 Å². The minimum Gasteiger partial charge on any atom is -0.361 e. The number of nitro groups is 1. The van der Waals surface area contributed by atoms with Crippen molar-refractivity contribution in [2.75, 3.05) is 0 Å². The monoisotopic (exact) mass is 252 g/mol. The zero-order valence-corrected chi connectivity index (χ0v) is 8.88. The molecule has 0 aromatic heterocycles. The van der Waals surface area contributed by atoms with Gasteiger partial charge in [-0.05, 0) is 12.1 Å². The lowest BCUT2D eigenvalue weighted by molar-refractivity contribution is -0.384. The highest BCUT2D eigenvalue weighted by Crippen LogP contribution is 2.11. The molecular formula is C9H8N4O5. The smallest absolute Gasteiger partial charge is 0.327 e. The second kappa shape index (κ2) is 5.39. The van der Waals surface area contributed by atoms with Gasteiger partial charge >= 0.3 is 11.8 Å². The van der Waals surface area contributed by atoms with Crippen LogP contribution in [0.3, 0.4) is 0 Å². The van der Waals surface area contributed by atoms with Gasteiger partial charge in [-0.2, -0.15) is 0 Å². The van der Waals surface area contributed by atoms with E-state index in [-0.39, 0.29) is 11.3 Å². The lowest BCUT2D eigenvalue weighted by Gasteiger charge is -2.04. The van der Waals surface area contributed by atoms with Crippen molar-refractivity contribution >= 4 is 23.4 Å². The lowest BCUT2D eigenvalue weighted by Crippen LogP contribution is -2.47. The minimum absolute atomic E-state index is 0.0744. The van der Waals surface area contributed by atoms with Crippen LogP contribution in [0.25, 0.3) is 0 Å². The highest BCUT2D eigenvalue weighted by Gasteiger charge is 2.12. The van der Waals surface area contributed by atoms with Gasteiger partial charge in [-0.15, -0.1) is 0 Å². The number of non-ortho nitro benzene ring substituents is 1. The van der Waals surface area contributed by atoms with Crippen molar-refractivity contribution in [3.63, 3.8) is 0 Å². The first-order valence-corrected chi connectivity index (χ1v) is 4.56. The average Bonchev–Trinajstić information content (AvgIpc) is 2.35. The molecule has 0 heterocycles. The van der Waals surface area contributed by atoms with E-state index in [1.165, 1.54) is 12.1 Å². The summed E-state index contributed by atoms with van der Waals surface area (Å²) in [6.07, 6.45) is 0. The van der Waals surface area contributed by atoms with Crippen molar-refractivity contribution in [3.8, 4) is 0 Å². The lowest BCUT2D eigenvalue weighted by atomic mass is 10.2. The molecule has 94 valence electrons. The number of nitrogens with two attached hydrogens (primary N) is 1. The average molecular weight is 252 g/mol. The molecule has 9 heteroatoms. The van der Waals surface area contributed by atoms with Crippen LogP contribution in [0, 0.1) is 10.1 Å². The van der Waals surface area contributed by atoms with Crippen LogP contribution in [0.1, 0.15) is 10.4 Å². The second-order valence-corrected chi connectivity index (χ2v) is 3.08. The fraction of sp³-hybridized carbons (Fsp3) is 0.